The van der Waals surface area contributed by atoms with E-state index in [1.54, 1.807) is 36.4 Å². The lowest BCUT2D eigenvalue weighted by molar-refractivity contribution is -0.307. The van der Waals surface area contributed by atoms with E-state index in [-0.39, 0.29) is 16.8 Å². The van der Waals surface area contributed by atoms with Crippen LogP contribution in [0.5, 0.6) is 11.5 Å². The SMILES string of the molecule is COc1cc(/C=C2\NC(=S)N(c3ccc(Br)cc3)C2=O)ccc1OCC(=O)[O-]. The summed E-state index contributed by atoms with van der Waals surface area (Å²) in [4.78, 5) is 24.7. The van der Waals surface area contributed by atoms with E-state index in [1.807, 2.05) is 12.1 Å². The van der Waals surface area contributed by atoms with Crippen LogP contribution in [0.3, 0.4) is 0 Å². The number of carbonyl (C=O) groups excluding carboxylic acids is 2. The van der Waals surface area contributed by atoms with Gasteiger partial charge in [-0.15, -0.1) is 0 Å². The summed E-state index contributed by atoms with van der Waals surface area (Å²) in [6.45, 7) is -0.590. The van der Waals surface area contributed by atoms with E-state index >= 15 is 0 Å². The van der Waals surface area contributed by atoms with Gasteiger partial charge in [0, 0.05) is 4.47 Å². The minimum absolute atomic E-state index is 0.256. The lowest BCUT2D eigenvalue weighted by atomic mass is 10.1. The predicted molar refractivity (Wildman–Crippen MR) is 109 cm³/mol. The predicted octanol–water partition coefficient (Wildman–Crippen LogP) is 1.85. The molecule has 0 saturated carbocycles. The molecular formula is C19H14BrN2O5S-. The molecular weight excluding hydrogens is 448 g/mol. The van der Waals surface area contributed by atoms with Gasteiger partial charge in [0.05, 0.1) is 18.8 Å². The summed E-state index contributed by atoms with van der Waals surface area (Å²) in [7, 11) is 1.43. The number of halogens is 1. The minimum atomic E-state index is -1.34. The molecule has 0 spiro atoms. The highest BCUT2D eigenvalue weighted by Gasteiger charge is 2.31. The Morgan fingerprint density at radius 1 is 1.25 bits per heavy atom. The second-order valence-electron chi connectivity index (χ2n) is 5.68. The van der Waals surface area contributed by atoms with Crippen LogP contribution in [0.15, 0.2) is 52.6 Å². The molecule has 0 atom stereocenters. The van der Waals surface area contributed by atoms with E-state index in [1.165, 1.54) is 12.0 Å². The molecule has 1 N–H and O–H groups in total. The average molecular weight is 462 g/mol. The fourth-order valence-corrected chi connectivity index (χ4v) is 3.12. The summed E-state index contributed by atoms with van der Waals surface area (Å²) in [5.41, 5.74) is 1.60. The third kappa shape index (κ3) is 4.32. The van der Waals surface area contributed by atoms with Gasteiger partial charge in [-0.25, -0.2) is 0 Å². The maximum Gasteiger partial charge on any atom is 0.281 e. The Morgan fingerprint density at radius 3 is 2.61 bits per heavy atom. The van der Waals surface area contributed by atoms with Gasteiger partial charge in [-0.05, 0) is 60.3 Å². The number of ether oxygens (including phenoxy) is 2. The molecule has 2 aromatic rings. The van der Waals surface area contributed by atoms with Crippen LogP contribution in [0.4, 0.5) is 5.69 Å². The van der Waals surface area contributed by atoms with Crippen molar-refractivity contribution in [1.29, 1.82) is 0 Å². The van der Waals surface area contributed by atoms with Crippen LogP contribution in [-0.4, -0.2) is 30.7 Å². The number of carboxylic acids is 1. The Bertz CT molecular complexity index is 975. The van der Waals surface area contributed by atoms with Crippen LogP contribution >= 0.6 is 28.1 Å². The molecule has 1 aliphatic heterocycles. The fourth-order valence-electron chi connectivity index (χ4n) is 2.56. The quantitative estimate of drug-likeness (QED) is 0.518. The Hall–Kier alpha value is -2.91. The largest absolute Gasteiger partial charge is 0.546 e. The summed E-state index contributed by atoms with van der Waals surface area (Å²) >= 11 is 8.65. The van der Waals surface area contributed by atoms with Crippen molar-refractivity contribution in [3.05, 3.63) is 58.2 Å². The third-order valence-corrected chi connectivity index (χ3v) is 4.62. The summed E-state index contributed by atoms with van der Waals surface area (Å²) in [6, 6.07) is 12.1. The molecule has 1 saturated heterocycles. The third-order valence-electron chi connectivity index (χ3n) is 3.81. The topological polar surface area (TPSA) is 90.9 Å². The van der Waals surface area contributed by atoms with Gasteiger partial charge in [0.2, 0.25) is 0 Å². The fraction of sp³-hybridized carbons (Fsp3) is 0.105. The van der Waals surface area contributed by atoms with Gasteiger partial charge in [0.1, 0.15) is 12.3 Å². The number of carboxylic acid groups (broad SMARTS) is 1. The monoisotopic (exact) mass is 461 g/mol. The number of carbonyl (C=O) groups is 2. The average Bonchev–Trinajstić information content (AvgIpc) is 2.94. The molecule has 0 radical (unpaired) electrons. The molecule has 28 heavy (non-hydrogen) atoms. The van der Waals surface area contributed by atoms with Crippen LogP contribution in [0.1, 0.15) is 5.56 Å². The first kappa shape index (κ1) is 19.8. The number of nitrogens with zero attached hydrogens (tertiary/aromatic N) is 1. The highest BCUT2D eigenvalue weighted by molar-refractivity contribution is 9.10. The van der Waals surface area contributed by atoms with Crippen LogP contribution in [0.2, 0.25) is 0 Å². The zero-order valence-electron chi connectivity index (χ0n) is 14.6. The van der Waals surface area contributed by atoms with Gasteiger partial charge < -0.3 is 24.7 Å². The van der Waals surface area contributed by atoms with E-state index in [9.17, 15) is 14.7 Å². The maximum absolute atomic E-state index is 12.8. The first-order valence-corrected chi connectivity index (χ1v) is 9.22. The maximum atomic E-state index is 12.8. The van der Waals surface area contributed by atoms with Crippen molar-refractivity contribution in [3.8, 4) is 11.5 Å². The molecule has 1 fully saturated rings. The number of rotatable bonds is 6. The molecule has 0 aromatic heterocycles. The summed E-state index contributed by atoms with van der Waals surface area (Å²) in [6.07, 6.45) is 1.62. The van der Waals surface area contributed by atoms with E-state index in [4.69, 9.17) is 21.7 Å². The second kappa shape index (κ2) is 8.41. The van der Waals surface area contributed by atoms with Crippen molar-refractivity contribution in [2.75, 3.05) is 18.6 Å². The minimum Gasteiger partial charge on any atom is -0.546 e. The standard InChI is InChI=1S/C19H15BrN2O5S/c1-26-16-9-11(2-7-15(16)27-10-17(23)24)8-14-18(25)22(19(28)21-14)13-5-3-12(20)4-6-13/h2-9H,10H2,1H3,(H,21,28)(H,23,24)/p-1/b14-8-. The van der Waals surface area contributed by atoms with Crippen molar-refractivity contribution in [3.63, 3.8) is 0 Å². The molecule has 1 amide bonds. The molecule has 0 bridgehead atoms. The zero-order valence-corrected chi connectivity index (χ0v) is 17.0. The van der Waals surface area contributed by atoms with Gasteiger partial charge in [0.15, 0.2) is 16.6 Å². The Balaban J connectivity index is 1.85. The number of thiocarbonyl (C=S) groups is 1. The lowest BCUT2D eigenvalue weighted by Crippen LogP contribution is -2.30. The van der Waals surface area contributed by atoms with Crippen molar-refractivity contribution < 1.29 is 24.2 Å². The molecule has 7 nitrogen and oxygen atoms in total. The van der Waals surface area contributed by atoms with Crippen LogP contribution in [0.25, 0.3) is 6.08 Å². The van der Waals surface area contributed by atoms with Gasteiger partial charge in [0.25, 0.3) is 5.91 Å². The molecule has 2 aromatic carbocycles. The number of benzene rings is 2. The van der Waals surface area contributed by atoms with E-state index < -0.39 is 12.6 Å². The van der Waals surface area contributed by atoms with Crippen molar-refractivity contribution in [2.45, 2.75) is 0 Å². The Kier molecular flexibility index (Phi) is 5.96. The Morgan fingerprint density at radius 2 is 1.96 bits per heavy atom. The number of methoxy groups -OCH3 is 1. The number of hydrogen-bond acceptors (Lipinski definition) is 6. The van der Waals surface area contributed by atoms with Gasteiger partial charge >= 0.3 is 0 Å². The summed E-state index contributed by atoms with van der Waals surface area (Å²) < 4.78 is 11.2. The number of anilines is 1. The first-order valence-electron chi connectivity index (χ1n) is 8.02. The smallest absolute Gasteiger partial charge is 0.281 e. The number of aliphatic carboxylic acids is 1. The normalized spacial score (nSPS) is 14.9. The first-order chi connectivity index (χ1) is 13.4. The molecule has 3 rings (SSSR count). The van der Waals surface area contributed by atoms with Crippen LogP contribution in [-0.2, 0) is 9.59 Å². The molecule has 9 heteroatoms. The van der Waals surface area contributed by atoms with Crippen LogP contribution < -0.4 is 24.8 Å². The summed E-state index contributed by atoms with van der Waals surface area (Å²) in [5, 5.41) is 13.7. The van der Waals surface area contributed by atoms with Crippen molar-refractivity contribution >= 4 is 56.9 Å². The van der Waals surface area contributed by atoms with E-state index in [0.717, 1.165) is 4.47 Å². The molecule has 1 heterocycles. The van der Waals surface area contributed by atoms with E-state index in [2.05, 4.69) is 21.2 Å². The van der Waals surface area contributed by atoms with Gasteiger partial charge in [-0.3, -0.25) is 9.69 Å². The van der Waals surface area contributed by atoms with Crippen molar-refractivity contribution in [2.24, 2.45) is 0 Å². The Labute approximate surface area is 174 Å². The highest BCUT2D eigenvalue weighted by atomic mass is 79.9. The molecule has 144 valence electrons. The summed E-state index contributed by atoms with van der Waals surface area (Å²) in [5.74, 6) is -1.04. The lowest BCUT2D eigenvalue weighted by Gasteiger charge is -2.13. The molecule has 0 aliphatic carbocycles. The second-order valence-corrected chi connectivity index (χ2v) is 6.98. The number of amides is 1. The molecule has 0 unspecified atom stereocenters. The van der Waals surface area contributed by atoms with Crippen molar-refractivity contribution in [1.82, 2.24) is 5.32 Å². The number of nitrogens with one attached hydrogen (secondary N) is 1. The van der Waals surface area contributed by atoms with Gasteiger partial charge in [-0.1, -0.05) is 22.0 Å². The highest BCUT2D eigenvalue weighted by Crippen LogP contribution is 2.30. The van der Waals surface area contributed by atoms with E-state index in [0.29, 0.717) is 22.7 Å². The number of hydrogen-bond donors (Lipinski definition) is 1. The van der Waals surface area contributed by atoms with Gasteiger partial charge in [-0.2, -0.15) is 0 Å². The molecule has 1 aliphatic rings. The zero-order chi connectivity index (χ0) is 20.3. The van der Waals surface area contributed by atoms with Crippen LogP contribution in [0, 0.1) is 0 Å².